The Morgan fingerprint density at radius 1 is 1.29 bits per heavy atom. The molecule has 1 aromatic carbocycles. The fourth-order valence-corrected chi connectivity index (χ4v) is 2.13. The molecule has 0 aliphatic heterocycles. The highest BCUT2D eigenvalue weighted by Crippen LogP contribution is 2.17. The first-order chi connectivity index (χ1) is 11.6. The Kier molecular flexibility index (Phi) is 4.43. The molecule has 8 nitrogen and oxygen atoms in total. The number of furan rings is 1. The summed E-state index contributed by atoms with van der Waals surface area (Å²) < 4.78 is 6.85. The quantitative estimate of drug-likeness (QED) is 0.330. The van der Waals surface area contributed by atoms with Crippen molar-refractivity contribution in [3.05, 3.63) is 69.2 Å². The maximum Gasteiger partial charge on any atom is 0.433 e. The topological polar surface area (TPSA) is 102 Å². The number of aromatic nitrogens is 3. The third-order valence-corrected chi connectivity index (χ3v) is 3.27. The van der Waals surface area contributed by atoms with E-state index in [9.17, 15) is 10.1 Å². The first kappa shape index (κ1) is 15.6. The number of aromatic amines is 1. The maximum absolute atomic E-state index is 10.5. The van der Waals surface area contributed by atoms with Crippen molar-refractivity contribution in [1.29, 1.82) is 0 Å². The van der Waals surface area contributed by atoms with Crippen molar-refractivity contribution in [3.63, 3.8) is 0 Å². The van der Waals surface area contributed by atoms with Gasteiger partial charge in [-0.2, -0.15) is 14.9 Å². The van der Waals surface area contributed by atoms with Crippen molar-refractivity contribution in [2.24, 2.45) is 5.10 Å². The Balaban J connectivity index is 1.80. The lowest BCUT2D eigenvalue weighted by atomic mass is 10.2. The third kappa shape index (κ3) is 3.36. The minimum atomic E-state index is -0.595. The van der Waals surface area contributed by atoms with Gasteiger partial charge >= 0.3 is 5.88 Å². The van der Waals surface area contributed by atoms with Crippen LogP contribution in [0.4, 0.5) is 5.88 Å². The second-order valence-electron chi connectivity index (χ2n) is 4.59. The molecular weight excluding hydrogens is 330 g/mol. The maximum atomic E-state index is 10.5. The molecule has 0 bridgehead atoms. The monoisotopic (exact) mass is 341 g/mol. The molecule has 0 amide bonds. The van der Waals surface area contributed by atoms with E-state index in [0.717, 1.165) is 5.56 Å². The molecule has 0 aliphatic rings. The van der Waals surface area contributed by atoms with Crippen molar-refractivity contribution >= 4 is 30.4 Å². The van der Waals surface area contributed by atoms with E-state index in [1.165, 1.54) is 23.0 Å². The summed E-state index contributed by atoms with van der Waals surface area (Å²) in [5, 5.41) is 21.6. The molecule has 0 unspecified atom stereocenters. The number of nitro groups is 1. The molecule has 0 saturated heterocycles. The van der Waals surface area contributed by atoms with Crippen LogP contribution in [0.1, 0.15) is 5.76 Å². The predicted molar refractivity (Wildman–Crippen MR) is 91.1 cm³/mol. The van der Waals surface area contributed by atoms with Gasteiger partial charge in [0, 0.05) is 11.8 Å². The standard InChI is InChI=1S/C15H11N5O3S/c21-20(22)13-9-8-12(23-13)7-4-10-16-19-14(17-18-15(19)24)11-5-2-1-3-6-11/h1-10H,(H,18,24)/b7-4+,16-10?. The average Bonchev–Trinajstić information content (AvgIpc) is 3.20. The van der Waals surface area contributed by atoms with Crippen LogP contribution in [0.3, 0.4) is 0 Å². The second kappa shape index (κ2) is 6.84. The summed E-state index contributed by atoms with van der Waals surface area (Å²) in [6, 6.07) is 12.3. The zero-order valence-electron chi connectivity index (χ0n) is 12.2. The van der Waals surface area contributed by atoms with Gasteiger partial charge in [0.15, 0.2) is 5.82 Å². The molecule has 0 atom stereocenters. The molecular formula is C15H11N5O3S. The minimum Gasteiger partial charge on any atom is -0.401 e. The van der Waals surface area contributed by atoms with Crippen LogP contribution in [0.15, 0.2) is 58.1 Å². The summed E-state index contributed by atoms with van der Waals surface area (Å²) in [6.45, 7) is 0. The van der Waals surface area contributed by atoms with Crippen LogP contribution in [-0.4, -0.2) is 26.0 Å². The normalized spacial score (nSPS) is 11.5. The number of hydrogen-bond acceptors (Lipinski definition) is 6. The van der Waals surface area contributed by atoms with Crippen LogP contribution in [0.2, 0.25) is 0 Å². The highest BCUT2D eigenvalue weighted by Gasteiger charge is 2.09. The smallest absolute Gasteiger partial charge is 0.401 e. The SMILES string of the molecule is O=[N+]([O-])c1ccc(/C=C/C=Nn2c(-c3ccccc3)n[nH]c2=S)o1. The van der Waals surface area contributed by atoms with Gasteiger partial charge in [-0.3, -0.25) is 10.1 Å². The van der Waals surface area contributed by atoms with Crippen LogP contribution in [0.5, 0.6) is 0 Å². The van der Waals surface area contributed by atoms with E-state index in [1.807, 2.05) is 30.3 Å². The van der Waals surface area contributed by atoms with Gasteiger partial charge in [0.1, 0.15) is 10.7 Å². The predicted octanol–water partition coefficient (Wildman–Crippen LogP) is 3.66. The molecule has 2 aromatic heterocycles. The average molecular weight is 341 g/mol. The molecule has 120 valence electrons. The van der Waals surface area contributed by atoms with Gasteiger partial charge < -0.3 is 4.42 Å². The van der Waals surface area contributed by atoms with Gasteiger partial charge in [-0.15, -0.1) is 0 Å². The lowest BCUT2D eigenvalue weighted by Crippen LogP contribution is -1.93. The second-order valence-corrected chi connectivity index (χ2v) is 4.97. The Labute approximate surface area is 140 Å². The number of rotatable bonds is 5. The van der Waals surface area contributed by atoms with E-state index in [4.69, 9.17) is 16.6 Å². The molecule has 9 heteroatoms. The number of allylic oxidation sites excluding steroid dienone is 1. The summed E-state index contributed by atoms with van der Waals surface area (Å²) in [6.07, 6.45) is 4.64. The largest absolute Gasteiger partial charge is 0.433 e. The summed E-state index contributed by atoms with van der Waals surface area (Å²) in [5.41, 5.74) is 0.868. The lowest BCUT2D eigenvalue weighted by Gasteiger charge is -1.99. The number of benzene rings is 1. The zero-order chi connectivity index (χ0) is 16.9. The van der Waals surface area contributed by atoms with Gasteiger partial charge in [0.2, 0.25) is 4.77 Å². The number of hydrogen-bond donors (Lipinski definition) is 1. The molecule has 0 spiro atoms. The van der Waals surface area contributed by atoms with Crippen molar-refractivity contribution < 1.29 is 9.34 Å². The molecule has 3 aromatic rings. The van der Waals surface area contributed by atoms with Gasteiger partial charge in [-0.25, -0.2) is 5.10 Å². The van der Waals surface area contributed by atoms with E-state index in [-0.39, 0.29) is 5.88 Å². The van der Waals surface area contributed by atoms with E-state index >= 15 is 0 Å². The highest BCUT2D eigenvalue weighted by molar-refractivity contribution is 7.71. The molecule has 1 N–H and O–H groups in total. The van der Waals surface area contributed by atoms with Gasteiger partial charge in [0.25, 0.3) is 0 Å². The van der Waals surface area contributed by atoms with Gasteiger partial charge in [-0.05, 0) is 30.4 Å². The van der Waals surface area contributed by atoms with Crippen LogP contribution in [0, 0.1) is 14.9 Å². The van der Waals surface area contributed by atoms with Crippen LogP contribution < -0.4 is 0 Å². The van der Waals surface area contributed by atoms with Gasteiger partial charge in [-0.1, -0.05) is 30.3 Å². The van der Waals surface area contributed by atoms with Crippen molar-refractivity contribution in [2.75, 3.05) is 0 Å². The Morgan fingerprint density at radius 3 is 2.79 bits per heavy atom. The summed E-state index contributed by atoms with van der Waals surface area (Å²) >= 11 is 5.16. The molecule has 0 saturated carbocycles. The number of nitrogens with zero attached hydrogens (tertiary/aromatic N) is 4. The molecule has 3 rings (SSSR count). The molecule has 0 fully saturated rings. The fraction of sp³-hybridized carbons (Fsp3) is 0. The minimum absolute atomic E-state index is 0.310. The van der Waals surface area contributed by atoms with Crippen LogP contribution in [0.25, 0.3) is 17.5 Å². The molecule has 24 heavy (non-hydrogen) atoms. The van der Waals surface area contributed by atoms with Crippen molar-refractivity contribution in [3.8, 4) is 11.4 Å². The van der Waals surface area contributed by atoms with Crippen molar-refractivity contribution in [2.45, 2.75) is 0 Å². The highest BCUT2D eigenvalue weighted by atomic mass is 32.1. The lowest BCUT2D eigenvalue weighted by molar-refractivity contribution is -0.402. The summed E-state index contributed by atoms with van der Waals surface area (Å²) in [7, 11) is 0. The Bertz CT molecular complexity index is 968. The number of H-pyrrole nitrogens is 1. The Morgan fingerprint density at radius 2 is 2.08 bits per heavy atom. The van der Waals surface area contributed by atoms with E-state index in [1.54, 1.807) is 12.2 Å². The fourth-order valence-electron chi connectivity index (χ4n) is 1.95. The summed E-state index contributed by atoms with van der Waals surface area (Å²) in [5.74, 6) is 0.626. The van der Waals surface area contributed by atoms with E-state index in [2.05, 4.69) is 15.3 Å². The first-order valence-corrected chi connectivity index (χ1v) is 7.24. The van der Waals surface area contributed by atoms with Gasteiger partial charge in [0.05, 0.1) is 6.07 Å². The van der Waals surface area contributed by atoms with E-state index < -0.39 is 4.92 Å². The molecule has 0 aliphatic carbocycles. The zero-order valence-corrected chi connectivity index (χ0v) is 13.0. The molecule has 2 heterocycles. The molecule has 0 radical (unpaired) electrons. The van der Waals surface area contributed by atoms with Crippen molar-refractivity contribution in [1.82, 2.24) is 14.9 Å². The van der Waals surface area contributed by atoms with Crippen LogP contribution >= 0.6 is 12.2 Å². The number of nitrogens with one attached hydrogen (secondary N) is 1. The Hall–Kier alpha value is -3.33. The third-order valence-electron chi connectivity index (χ3n) is 3.00. The summed E-state index contributed by atoms with van der Waals surface area (Å²) in [4.78, 5) is 9.95. The first-order valence-electron chi connectivity index (χ1n) is 6.83. The van der Waals surface area contributed by atoms with Crippen LogP contribution in [-0.2, 0) is 0 Å². The van der Waals surface area contributed by atoms with E-state index in [0.29, 0.717) is 16.4 Å².